The van der Waals surface area contributed by atoms with Crippen molar-refractivity contribution in [2.45, 2.75) is 13.3 Å². The molecule has 2 aromatic heterocycles. The predicted octanol–water partition coefficient (Wildman–Crippen LogP) is 3.14. The number of pyridine rings is 1. The largest absolute Gasteiger partial charge is 0.352 e. The molecule has 7 nitrogen and oxygen atoms in total. The highest BCUT2D eigenvalue weighted by Crippen LogP contribution is 2.17. The second-order valence-electron chi connectivity index (χ2n) is 6.95. The summed E-state index contributed by atoms with van der Waals surface area (Å²) in [5, 5.41) is 11.7. The van der Waals surface area contributed by atoms with E-state index in [0.717, 1.165) is 36.7 Å². The normalized spacial score (nSPS) is 14.0. The molecule has 0 unspecified atom stereocenters. The van der Waals surface area contributed by atoms with E-state index >= 15 is 0 Å². The van der Waals surface area contributed by atoms with E-state index < -0.39 is 0 Å². The highest BCUT2D eigenvalue weighted by Gasteiger charge is 2.23. The summed E-state index contributed by atoms with van der Waals surface area (Å²) in [7, 11) is 0. The minimum absolute atomic E-state index is 0.0910. The fraction of sp³-hybridized carbons (Fsp3) is 0.273. The summed E-state index contributed by atoms with van der Waals surface area (Å²) in [6.45, 7) is 4.93. The number of aromatic nitrogens is 3. The van der Waals surface area contributed by atoms with Crippen LogP contribution in [0.15, 0.2) is 60.8 Å². The lowest BCUT2D eigenvalue weighted by atomic mass is 10.1. The first-order valence-electron chi connectivity index (χ1n) is 9.88. The monoisotopic (exact) mass is 388 g/mol. The third-order valence-corrected chi connectivity index (χ3v) is 5.07. The standard InChI is InChI=1S/C22H24N6O/c1-2-17-6-8-18(9-7-17)22(29)28-15-13-27(14-16-28)21-11-10-20(25-26-21)24-19-5-3-4-12-23-19/h3-12H,2,13-16H2,1H3,(H,23,24,25). The van der Waals surface area contributed by atoms with Crippen LogP contribution in [-0.4, -0.2) is 52.2 Å². The highest BCUT2D eigenvalue weighted by molar-refractivity contribution is 5.94. The smallest absolute Gasteiger partial charge is 0.253 e. The Balaban J connectivity index is 1.33. The molecule has 0 atom stereocenters. The number of hydrogen-bond donors (Lipinski definition) is 1. The number of rotatable bonds is 5. The zero-order chi connectivity index (χ0) is 20.1. The van der Waals surface area contributed by atoms with E-state index in [-0.39, 0.29) is 5.91 Å². The second kappa shape index (κ2) is 8.68. The second-order valence-corrected chi connectivity index (χ2v) is 6.95. The lowest BCUT2D eigenvalue weighted by molar-refractivity contribution is 0.0746. The van der Waals surface area contributed by atoms with Gasteiger partial charge in [-0.3, -0.25) is 4.79 Å². The summed E-state index contributed by atoms with van der Waals surface area (Å²) in [6.07, 6.45) is 2.70. The average Bonchev–Trinajstić information content (AvgIpc) is 2.80. The maximum absolute atomic E-state index is 12.7. The van der Waals surface area contributed by atoms with E-state index in [2.05, 4.69) is 32.3 Å². The zero-order valence-electron chi connectivity index (χ0n) is 16.5. The quantitative estimate of drug-likeness (QED) is 0.724. The van der Waals surface area contributed by atoms with Gasteiger partial charge in [-0.25, -0.2) is 4.98 Å². The van der Waals surface area contributed by atoms with Crippen LogP contribution >= 0.6 is 0 Å². The summed E-state index contributed by atoms with van der Waals surface area (Å²) in [4.78, 5) is 21.0. The molecule has 0 saturated carbocycles. The van der Waals surface area contributed by atoms with Crippen molar-refractivity contribution in [1.29, 1.82) is 0 Å². The SMILES string of the molecule is CCc1ccc(C(=O)N2CCN(c3ccc(Nc4ccccn4)nn3)CC2)cc1. The number of hydrogen-bond acceptors (Lipinski definition) is 6. The van der Waals surface area contributed by atoms with Crippen LogP contribution in [0, 0.1) is 0 Å². The number of anilines is 3. The number of carbonyl (C=O) groups is 1. The Hall–Kier alpha value is -3.48. The van der Waals surface area contributed by atoms with Crippen molar-refractivity contribution >= 4 is 23.4 Å². The molecular formula is C22H24N6O. The van der Waals surface area contributed by atoms with Crippen LogP contribution in [0.5, 0.6) is 0 Å². The topological polar surface area (TPSA) is 74.2 Å². The fourth-order valence-corrected chi connectivity index (χ4v) is 3.33. The van der Waals surface area contributed by atoms with Crippen molar-refractivity contribution in [3.05, 3.63) is 71.9 Å². The summed E-state index contributed by atoms with van der Waals surface area (Å²) in [6, 6.07) is 17.4. The Bertz CT molecular complexity index is 935. The summed E-state index contributed by atoms with van der Waals surface area (Å²) in [5.74, 6) is 2.29. The van der Waals surface area contributed by atoms with Gasteiger partial charge in [-0.05, 0) is 48.4 Å². The van der Waals surface area contributed by atoms with Gasteiger partial charge in [0.05, 0.1) is 0 Å². The van der Waals surface area contributed by atoms with E-state index in [1.54, 1.807) is 6.20 Å². The molecule has 0 radical (unpaired) electrons. The first kappa shape index (κ1) is 18.9. The van der Waals surface area contributed by atoms with Crippen molar-refractivity contribution < 1.29 is 4.79 Å². The van der Waals surface area contributed by atoms with Crippen molar-refractivity contribution in [3.8, 4) is 0 Å². The van der Waals surface area contributed by atoms with Gasteiger partial charge in [-0.15, -0.1) is 10.2 Å². The molecule has 3 heterocycles. The molecule has 1 aliphatic heterocycles. The Morgan fingerprint density at radius 3 is 2.34 bits per heavy atom. The minimum Gasteiger partial charge on any atom is -0.352 e. The molecule has 1 aliphatic rings. The highest BCUT2D eigenvalue weighted by atomic mass is 16.2. The van der Waals surface area contributed by atoms with Crippen LogP contribution in [0.2, 0.25) is 0 Å². The first-order valence-corrected chi connectivity index (χ1v) is 9.88. The minimum atomic E-state index is 0.0910. The van der Waals surface area contributed by atoms with Crippen LogP contribution in [0.1, 0.15) is 22.8 Å². The molecule has 0 bridgehead atoms. The van der Waals surface area contributed by atoms with Crippen LogP contribution in [0.3, 0.4) is 0 Å². The maximum Gasteiger partial charge on any atom is 0.253 e. The number of nitrogens with zero attached hydrogens (tertiary/aromatic N) is 5. The molecule has 1 saturated heterocycles. The summed E-state index contributed by atoms with van der Waals surface area (Å²) >= 11 is 0. The third-order valence-electron chi connectivity index (χ3n) is 5.07. The first-order chi connectivity index (χ1) is 14.2. The van der Waals surface area contributed by atoms with Gasteiger partial charge in [0.25, 0.3) is 5.91 Å². The average molecular weight is 388 g/mol. The number of benzene rings is 1. The van der Waals surface area contributed by atoms with E-state index in [1.807, 2.05) is 59.5 Å². The molecule has 0 spiro atoms. The molecule has 148 valence electrons. The Labute approximate surface area is 170 Å². The number of aryl methyl sites for hydroxylation is 1. The van der Waals surface area contributed by atoms with Crippen molar-refractivity contribution in [2.24, 2.45) is 0 Å². The zero-order valence-corrected chi connectivity index (χ0v) is 16.5. The number of piperazine rings is 1. The Morgan fingerprint density at radius 1 is 0.931 bits per heavy atom. The van der Waals surface area contributed by atoms with Crippen LogP contribution < -0.4 is 10.2 Å². The molecular weight excluding hydrogens is 364 g/mol. The van der Waals surface area contributed by atoms with Gasteiger partial charge in [-0.1, -0.05) is 25.1 Å². The molecule has 1 amide bonds. The predicted molar refractivity (Wildman–Crippen MR) is 113 cm³/mol. The molecule has 3 aromatic rings. The van der Waals surface area contributed by atoms with Crippen LogP contribution in [-0.2, 0) is 6.42 Å². The lowest BCUT2D eigenvalue weighted by Crippen LogP contribution is -2.49. The molecule has 29 heavy (non-hydrogen) atoms. The van der Waals surface area contributed by atoms with Gasteiger partial charge in [0, 0.05) is 37.9 Å². The molecule has 4 rings (SSSR count). The number of nitrogens with one attached hydrogen (secondary N) is 1. The number of carbonyl (C=O) groups excluding carboxylic acids is 1. The number of amides is 1. The van der Waals surface area contributed by atoms with Gasteiger partial charge in [0.15, 0.2) is 11.6 Å². The van der Waals surface area contributed by atoms with Crippen LogP contribution in [0.25, 0.3) is 0 Å². The molecule has 1 N–H and O–H groups in total. The fourth-order valence-electron chi connectivity index (χ4n) is 3.33. The van der Waals surface area contributed by atoms with Gasteiger partial charge in [-0.2, -0.15) is 0 Å². The molecule has 1 fully saturated rings. The van der Waals surface area contributed by atoms with E-state index in [4.69, 9.17) is 0 Å². The molecule has 0 aliphatic carbocycles. The van der Waals surface area contributed by atoms with E-state index in [9.17, 15) is 4.79 Å². The third kappa shape index (κ3) is 4.51. The Kier molecular flexibility index (Phi) is 5.65. The molecule has 7 heteroatoms. The Morgan fingerprint density at radius 2 is 1.72 bits per heavy atom. The summed E-state index contributed by atoms with van der Waals surface area (Å²) < 4.78 is 0. The lowest BCUT2D eigenvalue weighted by Gasteiger charge is -2.35. The van der Waals surface area contributed by atoms with Crippen LogP contribution in [0.4, 0.5) is 17.5 Å². The van der Waals surface area contributed by atoms with E-state index in [1.165, 1.54) is 5.56 Å². The van der Waals surface area contributed by atoms with Gasteiger partial charge in [0.1, 0.15) is 5.82 Å². The van der Waals surface area contributed by atoms with Crippen molar-refractivity contribution in [3.63, 3.8) is 0 Å². The van der Waals surface area contributed by atoms with Gasteiger partial charge >= 0.3 is 0 Å². The summed E-state index contributed by atoms with van der Waals surface area (Å²) in [5.41, 5.74) is 1.99. The van der Waals surface area contributed by atoms with Crippen molar-refractivity contribution in [2.75, 3.05) is 36.4 Å². The van der Waals surface area contributed by atoms with Gasteiger partial charge < -0.3 is 15.1 Å². The van der Waals surface area contributed by atoms with Crippen molar-refractivity contribution in [1.82, 2.24) is 20.1 Å². The maximum atomic E-state index is 12.7. The molecule has 1 aromatic carbocycles. The van der Waals surface area contributed by atoms with Gasteiger partial charge in [0.2, 0.25) is 0 Å². The van der Waals surface area contributed by atoms with E-state index in [0.29, 0.717) is 18.9 Å².